The fourth-order valence-corrected chi connectivity index (χ4v) is 3.41. The predicted octanol–water partition coefficient (Wildman–Crippen LogP) is 2.50. The molecule has 5 heteroatoms. The summed E-state index contributed by atoms with van der Waals surface area (Å²) in [5, 5.41) is 10.2. The van der Waals surface area contributed by atoms with Gasteiger partial charge in [-0.3, -0.25) is 4.79 Å². The van der Waals surface area contributed by atoms with E-state index in [1.54, 1.807) is 4.90 Å². The van der Waals surface area contributed by atoms with Crippen molar-refractivity contribution in [2.75, 3.05) is 13.1 Å². The lowest BCUT2D eigenvalue weighted by Crippen LogP contribution is -2.53. The van der Waals surface area contributed by atoms with Gasteiger partial charge in [0.2, 0.25) is 0 Å². The van der Waals surface area contributed by atoms with Crippen molar-refractivity contribution in [2.24, 2.45) is 0 Å². The molecule has 0 spiro atoms. The van der Waals surface area contributed by atoms with Crippen LogP contribution in [0.4, 0.5) is 0 Å². The Morgan fingerprint density at radius 3 is 2.62 bits per heavy atom. The van der Waals surface area contributed by atoms with Gasteiger partial charge in [0, 0.05) is 18.7 Å². The first-order valence-corrected chi connectivity index (χ1v) is 7.94. The smallest absolute Gasteiger partial charge is 0.266 e. The summed E-state index contributed by atoms with van der Waals surface area (Å²) in [6, 6.07) is 8.30. The number of benzene rings is 1. The van der Waals surface area contributed by atoms with Gasteiger partial charge in [-0.25, -0.2) is 4.98 Å². The van der Waals surface area contributed by atoms with Crippen LogP contribution < -0.4 is 0 Å². The third-order valence-electron chi connectivity index (χ3n) is 3.75. The number of hydrogen-bond donors (Lipinski definition) is 1. The summed E-state index contributed by atoms with van der Waals surface area (Å²) < 4.78 is 0. The zero-order valence-electron chi connectivity index (χ0n) is 12.2. The molecule has 1 N–H and O–H groups in total. The number of hydrogen-bond acceptors (Lipinski definition) is 4. The Labute approximate surface area is 128 Å². The summed E-state index contributed by atoms with van der Waals surface area (Å²) in [6.45, 7) is 4.85. The lowest BCUT2D eigenvalue weighted by atomic mass is 10.1. The SMILES string of the molecule is CCc1ccc(-c2nc(C)c(C(=O)N3CC(O)C3)s2)cc1. The quantitative estimate of drug-likeness (QED) is 0.948. The molecule has 0 unspecified atom stereocenters. The molecule has 0 atom stereocenters. The number of rotatable bonds is 3. The molecule has 110 valence electrons. The summed E-state index contributed by atoms with van der Waals surface area (Å²) in [4.78, 5) is 19.2. The number of aliphatic hydroxyl groups excluding tert-OH is 1. The number of carbonyl (C=O) groups excluding carboxylic acids is 1. The molecule has 1 aromatic heterocycles. The molecule has 1 aromatic carbocycles. The molecule has 2 aromatic rings. The minimum absolute atomic E-state index is 0.0215. The lowest BCUT2D eigenvalue weighted by Gasteiger charge is -2.35. The number of aromatic nitrogens is 1. The van der Waals surface area contributed by atoms with Gasteiger partial charge < -0.3 is 10.0 Å². The Kier molecular flexibility index (Phi) is 3.78. The minimum Gasteiger partial charge on any atom is -0.389 e. The van der Waals surface area contributed by atoms with Crippen molar-refractivity contribution in [3.05, 3.63) is 40.4 Å². The van der Waals surface area contributed by atoms with E-state index >= 15 is 0 Å². The number of aryl methyl sites for hydroxylation is 2. The van der Waals surface area contributed by atoms with Gasteiger partial charge in [-0.1, -0.05) is 31.2 Å². The Balaban J connectivity index is 1.84. The Morgan fingerprint density at radius 1 is 1.38 bits per heavy atom. The van der Waals surface area contributed by atoms with E-state index in [9.17, 15) is 9.90 Å². The molecule has 0 saturated carbocycles. The Morgan fingerprint density at radius 2 is 2.05 bits per heavy atom. The van der Waals surface area contributed by atoms with Crippen molar-refractivity contribution >= 4 is 17.2 Å². The van der Waals surface area contributed by atoms with Crippen LogP contribution in [0.5, 0.6) is 0 Å². The van der Waals surface area contributed by atoms with E-state index in [4.69, 9.17) is 0 Å². The van der Waals surface area contributed by atoms with Crippen molar-refractivity contribution in [3.63, 3.8) is 0 Å². The van der Waals surface area contributed by atoms with Crippen LogP contribution in [0.2, 0.25) is 0 Å². The van der Waals surface area contributed by atoms with Crippen LogP contribution in [-0.4, -0.2) is 40.1 Å². The third-order valence-corrected chi connectivity index (χ3v) is 4.94. The van der Waals surface area contributed by atoms with Crippen LogP contribution in [0.1, 0.15) is 27.9 Å². The van der Waals surface area contributed by atoms with Crippen LogP contribution in [-0.2, 0) is 6.42 Å². The number of amides is 1. The molecule has 1 aliphatic heterocycles. The van der Waals surface area contributed by atoms with Crippen LogP contribution in [0.15, 0.2) is 24.3 Å². The van der Waals surface area contributed by atoms with E-state index in [-0.39, 0.29) is 12.0 Å². The lowest BCUT2D eigenvalue weighted by molar-refractivity contribution is 0.00616. The largest absolute Gasteiger partial charge is 0.389 e. The molecule has 0 radical (unpaired) electrons. The molecule has 3 rings (SSSR count). The fraction of sp³-hybridized carbons (Fsp3) is 0.375. The van der Waals surface area contributed by atoms with Crippen LogP contribution in [0, 0.1) is 6.92 Å². The van der Waals surface area contributed by atoms with Gasteiger partial charge in [0.25, 0.3) is 5.91 Å². The second-order valence-electron chi connectivity index (χ2n) is 5.35. The highest BCUT2D eigenvalue weighted by atomic mass is 32.1. The van der Waals surface area contributed by atoms with Crippen LogP contribution >= 0.6 is 11.3 Å². The highest BCUT2D eigenvalue weighted by molar-refractivity contribution is 7.17. The Bertz CT molecular complexity index is 657. The number of carbonyl (C=O) groups is 1. The van der Waals surface area contributed by atoms with Gasteiger partial charge in [-0.15, -0.1) is 11.3 Å². The molecule has 2 heterocycles. The van der Waals surface area contributed by atoms with E-state index in [1.165, 1.54) is 16.9 Å². The molecule has 1 fully saturated rings. The average molecular weight is 302 g/mol. The number of likely N-dealkylation sites (tertiary alicyclic amines) is 1. The summed E-state index contributed by atoms with van der Waals surface area (Å²) in [5.74, 6) is -0.0215. The monoisotopic (exact) mass is 302 g/mol. The normalized spacial score (nSPS) is 15.1. The topological polar surface area (TPSA) is 53.4 Å². The molecule has 1 aliphatic rings. The third kappa shape index (κ3) is 2.71. The molecule has 1 saturated heterocycles. The van der Waals surface area contributed by atoms with E-state index in [0.717, 1.165) is 22.7 Å². The zero-order valence-corrected chi connectivity index (χ0v) is 13.0. The second kappa shape index (κ2) is 5.58. The molecular weight excluding hydrogens is 284 g/mol. The summed E-state index contributed by atoms with van der Waals surface area (Å²) in [6.07, 6.45) is 0.640. The summed E-state index contributed by atoms with van der Waals surface area (Å²) in [5.41, 5.74) is 3.10. The van der Waals surface area contributed by atoms with E-state index in [1.807, 2.05) is 6.92 Å². The van der Waals surface area contributed by atoms with Crippen molar-refractivity contribution in [2.45, 2.75) is 26.4 Å². The highest BCUT2D eigenvalue weighted by Crippen LogP contribution is 2.30. The van der Waals surface area contributed by atoms with Crippen molar-refractivity contribution in [3.8, 4) is 10.6 Å². The number of β-amino-alcohol motifs (C(OH)–C–C–N with tert-alkyl or cyclic N) is 1. The zero-order chi connectivity index (χ0) is 15.0. The molecule has 21 heavy (non-hydrogen) atoms. The highest BCUT2D eigenvalue weighted by Gasteiger charge is 2.31. The number of nitrogens with zero attached hydrogens (tertiary/aromatic N) is 2. The molecule has 0 bridgehead atoms. The van der Waals surface area contributed by atoms with E-state index in [2.05, 4.69) is 36.2 Å². The van der Waals surface area contributed by atoms with Crippen molar-refractivity contribution in [1.29, 1.82) is 0 Å². The van der Waals surface area contributed by atoms with Gasteiger partial charge in [-0.05, 0) is 18.9 Å². The van der Waals surface area contributed by atoms with E-state index < -0.39 is 0 Å². The first-order valence-electron chi connectivity index (χ1n) is 7.12. The van der Waals surface area contributed by atoms with Gasteiger partial charge in [0.05, 0.1) is 11.8 Å². The minimum atomic E-state index is -0.372. The predicted molar refractivity (Wildman–Crippen MR) is 83.6 cm³/mol. The van der Waals surface area contributed by atoms with Gasteiger partial charge >= 0.3 is 0 Å². The first kappa shape index (κ1) is 14.2. The maximum absolute atomic E-state index is 12.3. The van der Waals surface area contributed by atoms with Gasteiger partial charge in [0.15, 0.2) is 0 Å². The van der Waals surface area contributed by atoms with Crippen molar-refractivity contribution < 1.29 is 9.90 Å². The molecule has 0 aliphatic carbocycles. The molecule has 4 nitrogen and oxygen atoms in total. The van der Waals surface area contributed by atoms with Crippen LogP contribution in [0.3, 0.4) is 0 Å². The maximum Gasteiger partial charge on any atom is 0.266 e. The molecule has 1 amide bonds. The average Bonchev–Trinajstić information content (AvgIpc) is 2.85. The van der Waals surface area contributed by atoms with Crippen molar-refractivity contribution in [1.82, 2.24) is 9.88 Å². The summed E-state index contributed by atoms with van der Waals surface area (Å²) in [7, 11) is 0. The summed E-state index contributed by atoms with van der Waals surface area (Å²) >= 11 is 1.43. The number of thiazole rings is 1. The first-order chi connectivity index (χ1) is 10.1. The van der Waals surface area contributed by atoms with Gasteiger partial charge in [0.1, 0.15) is 9.88 Å². The fourth-order valence-electron chi connectivity index (χ4n) is 2.37. The standard InChI is InChI=1S/C16H18N2O2S/c1-3-11-4-6-12(7-5-11)15-17-10(2)14(21-15)16(20)18-8-13(19)9-18/h4-7,13,19H,3,8-9H2,1-2H3. The second-order valence-corrected chi connectivity index (χ2v) is 6.35. The van der Waals surface area contributed by atoms with Gasteiger partial charge in [-0.2, -0.15) is 0 Å². The Hall–Kier alpha value is -1.72. The van der Waals surface area contributed by atoms with E-state index in [0.29, 0.717) is 18.0 Å². The number of aliphatic hydroxyl groups is 1. The molecular formula is C16H18N2O2S. The van der Waals surface area contributed by atoms with Crippen LogP contribution in [0.25, 0.3) is 10.6 Å². The maximum atomic E-state index is 12.3.